The number of ether oxygens (including phenoxy) is 1. The average molecular weight is 801 g/mol. The molecule has 19 nitrogen and oxygen atoms in total. The summed E-state index contributed by atoms with van der Waals surface area (Å²) in [7, 11) is 2.70. The number of hydrogen-bond donors (Lipinski definition) is 7. The standard InChI is InChI=1S/C36H49ClN10O9/c1-17(2)27-33(53)46-23(9-7-13-39-46)32(52)45-22(8-6-12-38-45)31(51)43(4)18(3)30(50)47-28(25(48)15-26(42-47)56-5)34(54)44-24(29(49)41-27)16-36(55)20-11-10-19(37)14-21(20)40-35(36)44/h10-11,14-15,17-18,22-25,27-28,35,38-40,42,48,55H,6-9,12-13,16H2,1-5H3,(H,41,49). The van der Waals surface area contributed by atoms with Gasteiger partial charge in [0.15, 0.2) is 6.04 Å². The van der Waals surface area contributed by atoms with E-state index in [1.54, 1.807) is 32.0 Å². The number of rotatable bonds is 2. The highest BCUT2D eigenvalue weighted by Crippen LogP contribution is 2.50. The van der Waals surface area contributed by atoms with Crippen molar-refractivity contribution < 1.29 is 43.7 Å². The summed E-state index contributed by atoms with van der Waals surface area (Å²) in [5.74, 6) is -4.82. The Hall–Kier alpha value is -4.69. The third-order valence-electron chi connectivity index (χ3n) is 11.8. The molecule has 4 fully saturated rings. The van der Waals surface area contributed by atoms with Crippen LogP contribution < -0.4 is 26.9 Å². The number of hydrazine groups is 3. The zero-order valence-corrected chi connectivity index (χ0v) is 32.6. The Morgan fingerprint density at radius 3 is 2.16 bits per heavy atom. The van der Waals surface area contributed by atoms with Crippen LogP contribution in [0.2, 0.25) is 5.02 Å². The van der Waals surface area contributed by atoms with Gasteiger partial charge in [-0.25, -0.2) is 15.9 Å². The van der Waals surface area contributed by atoms with Gasteiger partial charge in [0.1, 0.15) is 48.1 Å². The van der Waals surface area contributed by atoms with Crippen LogP contribution in [0.1, 0.15) is 58.4 Å². The number of amides is 6. The van der Waals surface area contributed by atoms with E-state index in [9.17, 15) is 34.2 Å². The van der Waals surface area contributed by atoms with Crippen LogP contribution in [0.25, 0.3) is 0 Å². The Balaban J connectivity index is 1.36. The van der Waals surface area contributed by atoms with Crippen LogP contribution in [0.4, 0.5) is 5.69 Å². The lowest BCUT2D eigenvalue weighted by atomic mass is 9.91. The molecule has 6 heterocycles. The van der Waals surface area contributed by atoms with Crippen LogP contribution in [0, 0.1) is 5.92 Å². The van der Waals surface area contributed by atoms with Gasteiger partial charge in [0.2, 0.25) is 17.7 Å². The summed E-state index contributed by atoms with van der Waals surface area (Å²) in [5, 5.41) is 33.6. The van der Waals surface area contributed by atoms with Crippen molar-refractivity contribution in [2.45, 2.75) is 107 Å². The van der Waals surface area contributed by atoms with E-state index in [1.165, 1.54) is 42.1 Å². The molecule has 0 spiro atoms. The quantitative estimate of drug-likeness (QED) is 0.180. The molecular weight excluding hydrogens is 752 g/mol. The molecule has 6 aliphatic heterocycles. The number of fused-ring (bicyclic) bond motifs is 8. The van der Waals surface area contributed by atoms with E-state index < -0.39 is 95.5 Å². The third-order valence-corrected chi connectivity index (χ3v) is 12.0. The van der Waals surface area contributed by atoms with Crippen LogP contribution in [0.15, 0.2) is 30.2 Å². The molecule has 0 saturated carbocycles. The van der Waals surface area contributed by atoms with E-state index in [2.05, 4.69) is 26.9 Å². The Morgan fingerprint density at radius 2 is 1.52 bits per heavy atom. The normalized spacial score (nSPS) is 34.2. The van der Waals surface area contributed by atoms with Gasteiger partial charge >= 0.3 is 0 Å². The summed E-state index contributed by atoms with van der Waals surface area (Å²) < 4.78 is 5.32. The highest BCUT2D eigenvalue weighted by atomic mass is 35.5. The first-order valence-electron chi connectivity index (χ1n) is 18.9. The molecule has 0 aromatic heterocycles. The van der Waals surface area contributed by atoms with Crippen LogP contribution in [-0.4, -0.2) is 146 Å². The monoisotopic (exact) mass is 800 g/mol. The van der Waals surface area contributed by atoms with Crippen molar-refractivity contribution in [3.63, 3.8) is 0 Å². The molecule has 56 heavy (non-hydrogen) atoms. The van der Waals surface area contributed by atoms with Crippen molar-refractivity contribution in [1.82, 2.24) is 46.4 Å². The van der Waals surface area contributed by atoms with E-state index in [0.717, 1.165) is 9.91 Å². The first kappa shape index (κ1) is 39.5. The highest BCUT2D eigenvalue weighted by Gasteiger charge is 2.62. The molecule has 7 rings (SSSR count). The van der Waals surface area contributed by atoms with E-state index in [-0.39, 0.29) is 25.1 Å². The molecule has 20 heteroatoms. The highest BCUT2D eigenvalue weighted by molar-refractivity contribution is 6.31. The molecule has 6 aliphatic rings. The molecule has 1 aromatic rings. The number of hydrogen-bond acceptors (Lipinski definition) is 13. The lowest BCUT2D eigenvalue weighted by molar-refractivity contribution is -0.166. The van der Waals surface area contributed by atoms with E-state index in [1.807, 2.05) is 0 Å². The number of halogens is 1. The Labute approximate surface area is 328 Å². The molecule has 304 valence electrons. The molecule has 9 atom stereocenters. The van der Waals surface area contributed by atoms with Crippen molar-refractivity contribution in [3.8, 4) is 0 Å². The molecule has 6 amide bonds. The smallest absolute Gasteiger partial charge is 0.264 e. The van der Waals surface area contributed by atoms with Gasteiger partial charge in [-0.15, -0.1) is 0 Å². The van der Waals surface area contributed by atoms with Crippen LogP contribution in [-0.2, 0) is 39.1 Å². The maximum atomic E-state index is 15.1. The Kier molecular flexibility index (Phi) is 10.6. The summed E-state index contributed by atoms with van der Waals surface area (Å²) in [4.78, 5) is 89.6. The molecule has 7 N–H and O–H groups in total. The van der Waals surface area contributed by atoms with Gasteiger partial charge in [0, 0.05) is 48.9 Å². The fourth-order valence-corrected chi connectivity index (χ4v) is 8.80. The largest absolute Gasteiger partial charge is 0.482 e. The molecule has 9 unspecified atom stereocenters. The number of methoxy groups -OCH3 is 1. The summed E-state index contributed by atoms with van der Waals surface area (Å²) in [6.07, 6.45) is -0.501. The molecule has 0 radical (unpaired) electrons. The van der Waals surface area contributed by atoms with Gasteiger partial charge in [0.25, 0.3) is 23.6 Å². The fraction of sp³-hybridized carbons (Fsp3) is 0.611. The van der Waals surface area contributed by atoms with Crippen LogP contribution in [0.3, 0.4) is 0 Å². The van der Waals surface area contributed by atoms with Crippen molar-refractivity contribution in [1.29, 1.82) is 0 Å². The minimum atomic E-state index is -1.85. The summed E-state index contributed by atoms with van der Waals surface area (Å²) >= 11 is 6.29. The van der Waals surface area contributed by atoms with E-state index in [0.29, 0.717) is 42.2 Å². The first-order chi connectivity index (χ1) is 26.6. The summed E-state index contributed by atoms with van der Waals surface area (Å²) in [6.45, 7) is 5.65. The average Bonchev–Trinajstić information content (AvgIpc) is 3.64. The number of anilines is 1. The predicted octanol–water partition coefficient (Wildman–Crippen LogP) is -1.56. The maximum absolute atomic E-state index is 15.1. The van der Waals surface area contributed by atoms with E-state index >= 15 is 4.79 Å². The molecule has 0 aliphatic carbocycles. The second kappa shape index (κ2) is 15.0. The van der Waals surface area contributed by atoms with Crippen molar-refractivity contribution >= 4 is 52.7 Å². The molecule has 0 bridgehead atoms. The number of aliphatic hydroxyl groups excluding tert-OH is 1. The third kappa shape index (κ3) is 6.48. The van der Waals surface area contributed by atoms with Crippen molar-refractivity contribution in [2.75, 3.05) is 32.6 Å². The number of aliphatic hydroxyl groups is 2. The predicted molar refractivity (Wildman–Crippen MR) is 198 cm³/mol. The number of likely N-dealkylation sites (N-methyl/N-ethyl adjacent to an activating group) is 1. The number of carbonyl (C=O) groups excluding carboxylic acids is 6. The topological polar surface area (TPSA) is 228 Å². The number of nitrogens with zero attached hydrogens (tertiary/aromatic N) is 5. The summed E-state index contributed by atoms with van der Waals surface area (Å²) in [5.41, 5.74) is 7.75. The SMILES string of the molecule is COC1=CC(O)C2C(=O)N3C(CC4(O)c5ccc(Cl)cc5NC34)C(=O)NC(C(C)C)C(=O)N3NCCCC3C(=O)N3NCCCC3C(=O)N(C)C(C)C(=O)N2N1. The van der Waals surface area contributed by atoms with Crippen LogP contribution >= 0.6 is 11.6 Å². The molecule has 1 aromatic carbocycles. The minimum Gasteiger partial charge on any atom is -0.482 e. The molecule has 4 saturated heterocycles. The maximum Gasteiger partial charge on any atom is 0.264 e. The van der Waals surface area contributed by atoms with Gasteiger partial charge in [-0.05, 0) is 50.7 Å². The number of nitrogens with one attached hydrogen (secondary N) is 5. The molecular formula is C36H49ClN10O9. The first-order valence-corrected chi connectivity index (χ1v) is 19.3. The Morgan fingerprint density at radius 1 is 0.875 bits per heavy atom. The van der Waals surface area contributed by atoms with Gasteiger partial charge in [-0.2, -0.15) is 0 Å². The fourth-order valence-electron chi connectivity index (χ4n) is 8.63. The minimum absolute atomic E-state index is 0.0661. The van der Waals surface area contributed by atoms with Crippen molar-refractivity contribution in [2.24, 2.45) is 5.92 Å². The van der Waals surface area contributed by atoms with Gasteiger partial charge in [0.05, 0.1) is 7.11 Å². The lowest BCUT2D eigenvalue weighted by Crippen LogP contribution is -2.70. The van der Waals surface area contributed by atoms with Gasteiger partial charge < -0.3 is 35.4 Å². The van der Waals surface area contributed by atoms with Crippen molar-refractivity contribution in [3.05, 3.63) is 40.7 Å². The Bertz CT molecular complexity index is 1850. The zero-order valence-electron chi connectivity index (χ0n) is 31.8. The van der Waals surface area contributed by atoms with E-state index in [4.69, 9.17) is 16.3 Å². The summed E-state index contributed by atoms with van der Waals surface area (Å²) in [6, 6.07) is -3.02. The number of carbonyl (C=O) groups is 6. The lowest BCUT2D eigenvalue weighted by Gasteiger charge is -2.45. The van der Waals surface area contributed by atoms with Gasteiger partial charge in [-0.1, -0.05) is 31.5 Å². The second-order valence-electron chi connectivity index (χ2n) is 15.5. The van der Waals surface area contributed by atoms with Gasteiger partial charge in [-0.3, -0.25) is 44.2 Å². The van der Waals surface area contributed by atoms with Crippen LogP contribution in [0.5, 0.6) is 0 Å². The zero-order chi connectivity index (χ0) is 40.4. The second-order valence-corrected chi connectivity index (χ2v) is 16.0. The number of benzene rings is 1.